The number of carbonyl (C=O) groups is 1. The minimum Gasteiger partial charge on any atom is -0.756 e. The largest absolute Gasteiger partial charge is 0.756 e. The summed E-state index contributed by atoms with van der Waals surface area (Å²) in [6.45, 7) is 5.45. The number of hydrogen-bond donors (Lipinski definition) is 0. The molecule has 0 saturated heterocycles. The Morgan fingerprint density at radius 3 is 1.19 bits per heavy atom. The molecule has 408 valence electrons. The van der Waals surface area contributed by atoms with Crippen molar-refractivity contribution in [3.8, 4) is 0 Å². The van der Waals surface area contributed by atoms with Gasteiger partial charge in [-0.2, -0.15) is 0 Å². The minimum atomic E-state index is -4.53. The fraction of sp³-hybridized carbons (Fsp3) is 0.883. The molecule has 0 aromatic carbocycles. The van der Waals surface area contributed by atoms with E-state index in [0.717, 1.165) is 38.5 Å². The normalized spacial score (nSPS) is 13.7. The maximum absolute atomic E-state index is 12.8. The molecular weight excluding hydrogens is 878 g/mol. The zero-order valence-corrected chi connectivity index (χ0v) is 47.4. The lowest BCUT2D eigenvalue weighted by Gasteiger charge is -2.28. The van der Waals surface area contributed by atoms with E-state index in [0.29, 0.717) is 24.1 Å². The Labute approximate surface area is 429 Å². The summed E-state index contributed by atoms with van der Waals surface area (Å²) in [6.07, 6.45) is 66.2. The second-order valence-corrected chi connectivity index (χ2v) is 22.8. The molecule has 8 nitrogen and oxygen atoms in total. The molecule has 2 atom stereocenters. The second-order valence-electron chi connectivity index (χ2n) is 21.4. The average molecular weight is 995 g/mol. The first-order valence-corrected chi connectivity index (χ1v) is 31.2. The highest BCUT2D eigenvalue weighted by molar-refractivity contribution is 7.45. The van der Waals surface area contributed by atoms with Gasteiger partial charge in [0.2, 0.25) is 0 Å². The van der Waals surface area contributed by atoms with Crippen molar-refractivity contribution < 1.29 is 37.3 Å². The summed E-state index contributed by atoms with van der Waals surface area (Å²) in [5, 5.41) is 0. The van der Waals surface area contributed by atoms with Crippen LogP contribution in [0.4, 0.5) is 0 Å². The molecule has 0 spiro atoms. The summed E-state index contributed by atoms with van der Waals surface area (Å²) in [5.74, 6) is -0.331. The average Bonchev–Trinajstić information content (AvgIpc) is 3.31. The van der Waals surface area contributed by atoms with E-state index < -0.39 is 13.9 Å². The Bertz CT molecular complexity index is 1200. The van der Waals surface area contributed by atoms with Crippen molar-refractivity contribution in [2.24, 2.45) is 0 Å². The topological polar surface area (TPSA) is 94.1 Å². The lowest BCUT2D eigenvalue weighted by Crippen LogP contribution is -2.37. The highest BCUT2D eigenvalue weighted by Crippen LogP contribution is 2.38. The number of nitrogens with zero attached hydrogens (tertiary/aromatic N) is 1. The zero-order chi connectivity index (χ0) is 50.5. The number of allylic oxidation sites excluding steroid dienone is 6. The van der Waals surface area contributed by atoms with Crippen LogP contribution >= 0.6 is 7.82 Å². The van der Waals surface area contributed by atoms with Gasteiger partial charge in [-0.15, -0.1) is 0 Å². The second kappa shape index (κ2) is 53.0. The van der Waals surface area contributed by atoms with Crippen LogP contribution in [0.5, 0.6) is 0 Å². The van der Waals surface area contributed by atoms with Gasteiger partial charge < -0.3 is 27.9 Å². The van der Waals surface area contributed by atoms with E-state index in [4.69, 9.17) is 18.5 Å². The number of rotatable bonds is 56. The summed E-state index contributed by atoms with van der Waals surface area (Å²) >= 11 is 0. The quantitative estimate of drug-likeness (QED) is 0.0197. The Morgan fingerprint density at radius 1 is 0.449 bits per heavy atom. The number of ether oxygens (including phenoxy) is 2. The van der Waals surface area contributed by atoms with Gasteiger partial charge in [0, 0.05) is 13.0 Å². The summed E-state index contributed by atoms with van der Waals surface area (Å²) in [6, 6.07) is 0. The molecule has 0 aromatic heterocycles. The number of esters is 1. The monoisotopic (exact) mass is 994 g/mol. The lowest BCUT2D eigenvalue weighted by molar-refractivity contribution is -0.870. The van der Waals surface area contributed by atoms with Crippen molar-refractivity contribution in [3.63, 3.8) is 0 Å². The van der Waals surface area contributed by atoms with Crippen molar-refractivity contribution in [1.29, 1.82) is 0 Å². The van der Waals surface area contributed by atoms with E-state index in [2.05, 4.69) is 50.3 Å². The van der Waals surface area contributed by atoms with Crippen LogP contribution in [-0.4, -0.2) is 70.7 Å². The number of unbranched alkanes of at least 4 members (excludes halogenated alkanes) is 36. The highest BCUT2D eigenvalue weighted by Gasteiger charge is 2.20. The van der Waals surface area contributed by atoms with E-state index in [1.165, 1.54) is 225 Å². The van der Waals surface area contributed by atoms with Crippen LogP contribution in [0, 0.1) is 0 Å². The lowest BCUT2D eigenvalue weighted by atomic mass is 10.0. The number of quaternary nitrogens is 1. The van der Waals surface area contributed by atoms with E-state index in [9.17, 15) is 14.3 Å². The third-order valence-corrected chi connectivity index (χ3v) is 14.1. The zero-order valence-electron chi connectivity index (χ0n) is 46.5. The Morgan fingerprint density at radius 2 is 0.797 bits per heavy atom. The predicted molar refractivity (Wildman–Crippen MR) is 296 cm³/mol. The molecule has 0 heterocycles. The van der Waals surface area contributed by atoms with Crippen molar-refractivity contribution in [2.75, 3.05) is 54.1 Å². The molecular formula is C60H116NO7P. The first-order valence-electron chi connectivity index (χ1n) is 29.7. The smallest absolute Gasteiger partial charge is 0.306 e. The minimum absolute atomic E-state index is 0.0269. The number of phosphoric ester groups is 1. The highest BCUT2D eigenvalue weighted by atomic mass is 31.2. The molecule has 0 radical (unpaired) electrons. The van der Waals surface area contributed by atoms with Gasteiger partial charge in [-0.25, -0.2) is 0 Å². The maximum atomic E-state index is 12.8. The van der Waals surface area contributed by atoms with Crippen LogP contribution < -0.4 is 4.89 Å². The van der Waals surface area contributed by atoms with Crippen LogP contribution in [0.25, 0.3) is 0 Å². The Balaban J connectivity index is 4.03. The summed E-state index contributed by atoms with van der Waals surface area (Å²) in [7, 11) is 1.37. The molecule has 0 aromatic rings. The molecule has 0 rings (SSSR count). The van der Waals surface area contributed by atoms with Crippen molar-refractivity contribution in [2.45, 2.75) is 290 Å². The third-order valence-electron chi connectivity index (χ3n) is 13.2. The van der Waals surface area contributed by atoms with Crippen LogP contribution in [0.15, 0.2) is 36.5 Å². The van der Waals surface area contributed by atoms with Gasteiger partial charge in [-0.05, 0) is 70.6 Å². The van der Waals surface area contributed by atoms with Gasteiger partial charge >= 0.3 is 5.97 Å². The van der Waals surface area contributed by atoms with Crippen molar-refractivity contribution in [1.82, 2.24) is 0 Å². The Hall–Kier alpha value is -1.28. The van der Waals surface area contributed by atoms with Crippen LogP contribution in [0.3, 0.4) is 0 Å². The summed E-state index contributed by atoms with van der Waals surface area (Å²) in [5.41, 5.74) is 0. The molecule has 0 aliphatic carbocycles. The summed E-state index contributed by atoms with van der Waals surface area (Å²) < 4.78 is 34.9. The fourth-order valence-corrected chi connectivity index (χ4v) is 9.30. The van der Waals surface area contributed by atoms with Crippen LogP contribution in [-0.2, 0) is 27.9 Å². The van der Waals surface area contributed by atoms with Crippen molar-refractivity contribution >= 4 is 13.8 Å². The molecule has 0 amide bonds. The first-order chi connectivity index (χ1) is 33.6. The molecule has 69 heavy (non-hydrogen) atoms. The molecule has 0 fully saturated rings. The van der Waals surface area contributed by atoms with Gasteiger partial charge in [0.15, 0.2) is 0 Å². The number of likely N-dealkylation sites (N-methyl/N-ethyl adjacent to an activating group) is 1. The van der Waals surface area contributed by atoms with Crippen molar-refractivity contribution in [3.05, 3.63) is 36.5 Å². The van der Waals surface area contributed by atoms with E-state index in [1.807, 2.05) is 21.1 Å². The number of hydrogen-bond acceptors (Lipinski definition) is 7. The number of phosphoric acid groups is 1. The van der Waals surface area contributed by atoms with Gasteiger partial charge in [0.05, 0.1) is 34.4 Å². The first kappa shape index (κ1) is 67.7. The standard InChI is InChI=1S/C60H116NO7P/c1-6-8-10-12-14-16-18-20-22-24-26-28-29-30-31-32-34-36-38-40-42-44-46-48-50-52-55-65-57-59(58-67-69(63,64)66-56-54-61(3,4)5)68-60(62)53-51-49-47-45-43-41-39-37-35-33-27-25-23-21-19-17-15-13-11-9-7-2/h18,20,24-27,59H,6-17,19,21-23,28-58H2,1-5H3/b20-18-,26-24-,27-25-. The van der Waals surface area contributed by atoms with Gasteiger partial charge in [0.1, 0.15) is 19.3 Å². The fourth-order valence-electron chi connectivity index (χ4n) is 8.57. The number of carbonyl (C=O) groups excluding carboxylic acids is 1. The Kier molecular flexibility index (Phi) is 52.0. The molecule has 0 aliphatic rings. The maximum Gasteiger partial charge on any atom is 0.306 e. The molecule has 2 unspecified atom stereocenters. The van der Waals surface area contributed by atoms with Crippen LogP contribution in [0.1, 0.15) is 284 Å². The van der Waals surface area contributed by atoms with E-state index in [1.54, 1.807) is 0 Å². The summed E-state index contributed by atoms with van der Waals surface area (Å²) in [4.78, 5) is 25.3. The molecule has 0 aliphatic heterocycles. The van der Waals surface area contributed by atoms with Gasteiger partial charge in [-0.3, -0.25) is 9.36 Å². The predicted octanol–water partition coefficient (Wildman–Crippen LogP) is 18.2. The van der Waals surface area contributed by atoms with E-state index >= 15 is 0 Å². The molecule has 0 saturated carbocycles. The molecule has 0 bridgehead atoms. The van der Waals surface area contributed by atoms with E-state index in [-0.39, 0.29) is 25.8 Å². The van der Waals surface area contributed by atoms with Gasteiger partial charge in [0.25, 0.3) is 7.82 Å². The molecule has 9 heteroatoms. The SMILES string of the molecule is CCCCCCC/C=C\C/C=C\CCCCCCCCCCCCCCCCOCC(COP(=O)([O-])OCC[N+](C)(C)C)OC(=O)CCCCCCCCCCC/C=C\CCCCCCCCCC. The third kappa shape index (κ3) is 57.5. The molecule has 0 N–H and O–H groups in total. The van der Waals surface area contributed by atoms with Gasteiger partial charge in [-0.1, -0.05) is 243 Å². The van der Waals surface area contributed by atoms with Crippen LogP contribution in [0.2, 0.25) is 0 Å².